The molecule has 3 rings (SSSR count). The Kier molecular flexibility index (Phi) is 8.60. The highest BCUT2D eigenvalue weighted by molar-refractivity contribution is 7.51. The van der Waals surface area contributed by atoms with E-state index >= 15 is 0 Å². The first-order valence-corrected chi connectivity index (χ1v) is 12.8. The van der Waals surface area contributed by atoms with E-state index in [0.717, 1.165) is 0 Å². The van der Waals surface area contributed by atoms with Crippen LogP contribution in [0.1, 0.15) is 25.5 Å². The molecule has 6 N–H and O–H groups in total. The van der Waals surface area contributed by atoms with Crippen molar-refractivity contribution < 1.29 is 23.9 Å². The molecule has 0 heterocycles. The monoisotopic (exact) mass is 509 g/mol. The largest absolute Gasteiger partial charge is 0.327 e. The molecule has 1 unspecified atom stereocenters. The van der Waals surface area contributed by atoms with Gasteiger partial charge in [-0.3, -0.25) is 19.6 Å². The van der Waals surface area contributed by atoms with Gasteiger partial charge in [-0.05, 0) is 54.1 Å². The van der Waals surface area contributed by atoms with Crippen molar-refractivity contribution in [1.82, 2.24) is 0 Å². The van der Waals surface area contributed by atoms with Crippen LogP contribution in [0.4, 0.5) is 22.7 Å². The summed E-state index contributed by atoms with van der Waals surface area (Å²) in [5, 5.41) is 17.2. The van der Waals surface area contributed by atoms with Crippen LogP contribution < -0.4 is 20.9 Å². The Morgan fingerprint density at radius 3 is 1.69 bits per heavy atom. The van der Waals surface area contributed by atoms with E-state index in [2.05, 4.69) is 16.0 Å². The second-order valence-corrected chi connectivity index (χ2v) is 9.80. The van der Waals surface area contributed by atoms with Gasteiger partial charge in [-0.25, -0.2) is 0 Å². The maximum absolute atomic E-state index is 12.1. The molecular formula is C25H28N5O5P. The Morgan fingerprint density at radius 1 is 0.806 bits per heavy atom. The average molecular weight is 510 g/mol. The number of hydrogen-bond acceptors (Lipinski definition) is 4. The van der Waals surface area contributed by atoms with Gasteiger partial charge in [-0.1, -0.05) is 30.3 Å². The van der Waals surface area contributed by atoms with Crippen molar-refractivity contribution in [3.05, 3.63) is 84.4 Å². The Morgan fingerprint density at radius 2 is 1.25 bits per heavy atom. The maximum Gasteiger partial charge on any atom is 0.327 e. The van der Waals surface area contributed by atoms with Crippen molar-refractivity contribution in [3.63, 3.8) is 0 Å². The number of benzene rings is 3. The van der Waals surface area contributed by atoms with Crippen molar-refractivity contribution in [2.45, 2.75) is 19.9 Å². The van der Waals surface area contributed by atoms with Crippen molar-refractivity contribution in [1.29, 1.82) is 5.41 Å². The van der Waals surface area contributed by atoms with Gasteiger partial charge in [0.15, 0.2) is 0 Å². The van der Waals surface area contributed by atoms with E-state index in [0.29, 0.717) is 28.3 Å². The van der Waals surface area contributed by atoms with E-state index in [1.807, 2.05) is 0 Å². The van der Waals surface area contributed by atoms with Crippen LogP contribution in [-0.4, -0.2) is 33.7 Å². The summed E-state index contributed by atoms with van der Waals surface area (Å²) >= 11 is 0. The lowest BCUT2D eigenvalue weighted by molar-refractivity contribution is -0.115. The molecule has 1 atom stereocenters. The smallest absolute Gasteiger partial charge is 0.326 e. The molecule has 0 spiro atoms. The van der Waals surface area contributed by atoms with Crippen LogP contribution in [-0.2, 0) is 14.2 Å². The molecule has 0 aliphatic heterocycles. The molecule has 188 valence electrons. The summed E-state index contributed by atoms with van der Waals surface area (Å²) in [5.74, 6) is -0.572. The van der Waals surface area contributed by atoms with E-state index in [1.165, 1.54) is 18.7 Å². The lowest BCUT2D eigenvalue weighted by Crippen LogP contribution is -2.40. The maximum atomic E-state index is 12.1. The highest BCUT2D eigenvalue weighted by atomic mass is 31.2. The number of nitrogens with zero attached hydrogens (tertiary/aromatic N) is 1. The highest BCUT2D eigenvalue weighted by Crippen LogP contribution is 2.43. The Balaban J connectivity index is 2.00. The third-order valence-corrected chi connectivity index (χ3v) is 5.90. The molecule has 2 amide bonds. The van der Waals surface area contributed by atoms with Crippen LogP contribution in [0.2, 0.25) is 0 Å². The summed E-state index contributed by atoms with van der Waals surface area (Å²) in [6, 6.07) is 21.3. The first kappa shape index (κ1) is 26.6. The molecule has 0 saturated carbocycles. The molecule has 3 aromatic rings. The first-order chi connectivity index (χ1) is 17.0. The van der Waals surface area contributed by atoms with Crippen LogP contribution in [0.3, 0.4) is 0 Å². The molecule has 0 aliphatic rings. The molecule has 0 aliphatic carbocycles. The molecule has 11 heteroatoms. The lowest BCUT2D eigenvalue weighted by Gasteiger charge is -2.34. The van der Waals surface area contributed by atoms with Gasteiger partial charge in [0.2, 0.25) is 17.8 Å². The summed E-state index contributed by atoms with van der Waals surface area (Å²) < 4.78 is 12.1. The van der Waals surface area contributed by atoms with Crippen molar-refractivity contribution in [2.75, 3.05) is 27.0 Å². The van der Waals surface area contributed by atoms with E-state index in [4.69, 9.17) is 5.41 Å². The molecular weight excluding hydrogens is 481 g/mol. The fourth-order valence-electron chi connectivity index (χ4n) is 3.65. The van der Waals surface area contributed by atoms with E-state index in [1.54, 1.807) is 78.9 Å². The Labute approximate surface area is 209 Å². The third kappa shape index (κ3) is 7.78. The number of anilines is 4. The van der Waals surface area contributed by atoms with Gasteiger partial charge in [-0.2, -0.15) is 0 Å². The molecule has 0 bridgehead atoms. The van der Waals surface area contributed by atoms with Crippen LogP contribution in [0.25, 0.3) is 0 Å². The number of guanidine groups is 1. The second-order valence-electron chi connectivity index (χ2n) is 8.10. The highest BCUT2D eigenvalue weighted by Gasteiger charge is 2.31. The fourth-order valence-corrected chi connectivity index (χ4v) is 4.47. The number of nitrogens with one attached hydrogen (secondary N) is 4. The topological polar surface area (TPSA) is 155 Å². The van der Waals surface area contributed by atoms with Crippen molar-refractivity contribution in [3.8, 4) is 0 Å². The number of hydrogen-bond donors (Lipinski definition) is 6. The minimum Gasteiger partial charge on any atom is -0.326 e. The fraction of sp³-hybridized carbons (Fsp3) is 0.160. The van der Waals surface area contributed by atoms with Crippen molar-refractivity contribution >= 4 is 48.1 Å². The molecule has 0 fully saturated rings. The lowest BCUT2D eigenvalue weighted by atomic mass is 10.1. The van der Waals surface area contributed by atoms with E-state index in [9.17, 15) is 23.9 Å². The minimum absolute atomic E-state index is 0.128. The summed E-state index contributed by atoms with van der Waals surface area (Å²) in [4.78, 5) is 43.9. The zero-order valence-corrected chi connectivity index (χ0v) is 20.7. The van der Waals surface area contributed by atoms with Crippen LogP contribution in [0.5, 0.6) is 0 Å². The number of carbonyl (C=O) groups excluding carboxylic acids is 2. The standard InChI is InChI=1S/C25H28N5O5P/c1-17(31)27-20-8-10-22(11-9-20)29-25(26)30(23-14-12-21(13-15-23)28-18(2)32)24(16-36(33,34)35)19-6-4-3-5-7-19/h3-15,24H,16H2,1-2H3,(H2,26,29)(H,27,31)(H,28,32)(H2,33,34,35). The first-order valence-electron chi connectivity index (χ1n) is 11.0. The molecule has 10 nitrogen and oxygen atoms in total. The molecule has 0 aromatic heterocycles. The van der Waals surface area contributed by atoms with Gasteiger partial charge in [0, 0.05) is 36.6 Å². The zero-order chi connectivity index (χ0) is 26.3. The van der Waals surface area contributed by atoms with Gasteiger partial charge >= 0.3 is 7.60 Å². The van der Waals surface area contributed by atoms with E-state index in [-0.39, 0.29) is 17.8 Å². The van der Waals surface area contributed by atoms with Gasteiger partial charge in [-0.15, -0.1) is 0 Å². The Hall–Kier alpha value is -3.98. The third-order valence-electron chi connectivity index (χ3n) is 5.08. The van der Waals surface area contributed by atoms with Gasteiger partial charge in [0.1, 0.15) is 0 Å². The summed E-state index contributed by atoms with van der Waals surface area (Å²) in [5.41, 5.74) is 2.77. The zero-order valence-electron chi connectivity index (χ0n) is 19.8. The van der Waals surface area contributed by atoms with Crippen molar-refractivity contribution in [2.24, 2.45) is 0 Å². The summed E-state index contributed by atoms with van der Waals surface area (Å²) in [6.07, 6.45) is -0.532. The quantitative estimate of drug-likeness (QED) is 0.150. The van der Waals surface area contributed by atoms with Crippen LogP contribution in [0.15, 0.2) is 78.9 Å². The van der Waals surface area contributed by atoms with Gasteiger partial charge in [0.25, 0.3) is 0 Å². The van der Waals surface area contributed by atoms with Crippen LogP contribution in [0, 0.1) is 5.41 Å². The predicted octanol–water partition coefficient (Wildman–Crippen LogP) is 4.38. The number of amides is 2. The molecule has 0 saturated heterocycles. The number of rotatable bonds is 8. The normalized spacial score (nSPS) is 11.8. The summed E-state index contributed by atoms with van der Waals surface area (Å²) in [7, 11) is -4.50. The van der Waals surface area contributed by atoms with Gasteiger partial charge < -0.3 is 30.6 Å². The predicted molar refractivity (Wildman–Crippen MR) is 141 cm³/mol. The molecule has 3 aromatic carbocycles. The van der Waals surface area contributed by atoms with Gasteiger partial charge in [0.05, 0.1) is 12.2 Å². The molecule has 36 heavy (non-hydrogen) atoms. The SMILES string of the molecule is CC(=O)Nc1ccc(NC(=N)N(c2ccc(NC(C)=O)cc2)C(CP(=O)(O)O)c2ccccc2)cc1. The van der Waals surface area contributed by atoms with Crippen LogP contribution >= 0.6 is 7.60 Å². The minimum atomic E-state index is -4.50. The second kappa shape index (κ2) is 11.6. The molecule has 0 radical (unpaired) electrons. The summed E-state index contributed by atoms with van der Waals surface area (Å²) in [6.45, 7) is 2.80. The van der Waals surface area contributed by atoms with E-state index < -0.39 is 19.8 Å². The average Bonchev–Trinajstić information content (AvgIpc) is 2.80. The number of carbonyl (C=O) groups is 2. The Bertz CT molecular complexity index is 1260.